The van der Waals surface area contributed by atoms with Gasteiger partial charge in [0, 0.05) is 24.4 Å². The van der Waals surface area contributed by atoms with Crippen molar-refractivity contribution in [3.63, 3.8) is 0 Å². The van der Waals surface area contributed by atoms with E-state index in [0.29, 0.717) is 35.5 Å². The number of halogens is 2. The van der Waals surface area contributed by atoms with Crippen LogP contribution in [0.1, 0.15) is 24.0 Å². The molecule has 176 valence electrons. The molecule has 0 saturated heterocycles. The van der Waals surface area contributed by atoms with Gasteiger partial charge in [-0.2, -0.15) is 0 Å². The van der Waals surface area contributed by atoms with Crippen LogP contribution in [0, 0.1) is 6.92 Å². The highest BCUT2D eigenvalue weighted by atomic mass is 19.3. The third-order valence-corrected chi connectivity index (χ3v) is 5.98. The van der Waals surface area contributed by atoms with Gasteiger partial charge in [0.25, 0.3) is 5.56 Å². The number of benzene rings is 1. The minimum atomic E-state index is -3.72. The zero-order valence-electron chi connectivity index (χ0n) is 18.2. The number of nitrogens with one attached hydrogen (secondary N) is 1. The van der Waals surface area contributed by atoms with E-state index in [1.807, 2.05) is 6.92 Å². The van der Waals surface area contributed by atoms with Crippen LogP contribution in [-0.4, -0.2) is 33.5 Å². The van der Waals surface area contributed by atoms with Gasteiger partial charge in [0.05, 0.1) is 17.7 Å². The van der Waals surface area contributed by atoms with Gasteiger partial charge in [-0.15, -0.1) is 8.78 Å². The fraction of sp³-hybridized carbons (Fsp3) is 0.292. The molecule has 34 heavy (non-hydrogen) atoms. The predicted molar refractivity (Wildman–Crippen MR) is 118 cm³/mol. The van der Waals surface area contributed by atoms with E-state index in [-0.39, 0.29) is 36.1 Å². The molecule has 2 N–H and O–H groups in total. The Hall–Kier alpha value is -3.79. The smallest absolute Gasteiger partial charge is 0.395 e. The van der Waals surface area contributed by atoms with E-state index < -0.39 is 11.7 Å². The van der Waals surface area contributed by atoms with Crippen molar-refractivity contribution in [3.8, 4) is 22.8 Å². The largest absolute Gasteiger partial charge is 0.586 e. The van der Waals surface area contributed by atoms with E-state index >= 15 is 0 Å². The summed E-state index contributed by atoms with van der Waals surface area (Å²) in [6, 6.07) is 11.0. The van der Waals surface area contributed by atoms with Crippen LogP contribution in [0.4, 0.5) is 14.6 Å². The topological polar surface area (TPSA) is 103 Å². The van der Waals surface area contributed by atoms with Crippen molar-refractivity contribution < 1.29 is 28.2 Å². The number of pyridine rings is 2. The Kier molecular flexibility index (Phi) is 5.12. The second-order valence-electron chi connectivity index (χ2n) is 8.45. The van der Waals surface area contributed by atoms with Gasteiger partial charge >= 0.3 is 6.29 Å². The molecule has 1 aliphatic heterocycles. The summed E-state index contributed by atoms with van der Waals surface area (Å²) >= 11 is 0. The number of alkyl halides is 2. The molecule has 0 atom stereocenters. The minimum absolute atomic E-state index is 0.0733. The van der Waals surface area contributed by atoms with Crippen molar-refractivity contribution in [2.75, 3.05) is 11.9 Å². The van der Waals surface area contributed by atoms with Crippen molar-refractivity contribution in [2.24, 2.45) is 0 Å². The number of aryl methyl sites for hydroxylation is 1. The van der Waals surface area contributed by atoms with Crippen LogP contribution >= 0.6 is 0 Å². The highest BCUT2D eigenvalue weighted by molar-refractivity contribution is 6.01. The molecular formula is C24H21F2N3O5. The number of fused-ring (bicyclic) bond motifs is 1. The zero-order chi connectivity index (χ0) is 24.1. The molecule has 2 aromatic heterocycles. The fourth-order valence-electron chi connectivity index (χ4n) is 4.09. The molecule has 0 bridgehead atoms. The summed E-state index contributed by atoms with van der Waals surface area (Å²) in [6.07, 6.45) is -1.04. The average Bonchev–Trinajstić information content (AvgIpc) is 3.52. The second-order valence-corrected chi connectivity index (χ2v) is 8.45. The number of aliphatic hydroxyl groups excluding tert-OH is 1. The van der Waals surface area contributed by atoms with E-state index in [1.165, 1.54) is 22.8 Å². The van der Waals surface area contributed by atoms with E-state index in [0.717, 1.165) is 5.56 Å². The Bertz CT molecular complexity index is 1350. The average molecular weight is 469 g/mol. The van der Waals surface area contributed by atoms with Gasteiger partial charge in [-0.3, -0.25) is 9.59 Å². The molecule has 1 fully saturated rings. The molecule has 5 rings (SSSR count). The lowest BCUT2D eigenvalue weighted by atomic mass is 9.94. The molecule has 3 aromatic rings. The fourth-order valence-corrected chi connectivity index (χ4v) is 4.09. The number of aliphatic hydroxyl groups is 1. The lowest BCUT2D eigenvalue weighted by Crippen LogP contribution is -2.28. The van der Waals surface area contributed by atoms with Gasteiger partial charge in [0.2, 0.25) is 5.91 Å². The van der Waals surface area contributed by atoms with E-state index in [9.17, 15) is 18.4 Å². The minimum Gasteiger partial charge on any atom is -0.395 e. The maximum absolute atomic E-state index is 13.4. The van der Waals surface area contributed by atoms with Gasteiger partial charge in [0.1, 0.15) is 5.82 Å². The molecule has 2 aliphatic rings. The maximum atomic E-state index is 13.4. The second kappa shape index (κ2) is 7.91. The highest BCUT2D eigenvalue weighted by Gasteiger charge is 2.53. The molecule has 3 heterocycles. The molecule has 8 nitrogen and oxygen atoms in total. The van der Waals surface area contributed by atoms with Crippen LogP contribution in [0.25, 0.3) is 11.3 Å². The Morgan fingerprint density at radius 1 is 1.15 bits per heavy atom. The first-order chi connectivity index (χ1) is 16.2. The molecular weight excluding hydrogens is 448 g/mol. The van der Waals surface area contributed by atoms with Crippen LogP contribution in [-0.2, 0) is 16.8 Å². The van der Waals surface area contributed by atoms with Crippen LogP contribution in [0.2, 0.25) is 0 Å². The van der Waals surface area contributed by atoms with Crippen LogP contribution < -0.4 is 20.3 Å². The first kappa shape index (κ1) is 22.0. The van der Waals surface area contributed by atoms with Crippen molar-refractivity contribution in [1.29, 1.82) is 0 Å². The van der Waals surface area contributed by atoms with E-state index in [4.69, 9.17) is 5.11 Å². The lowest BCUT2D eigenvalue weighted by molar-refractivity contribution is -0.286. The first-order valence-electron chi connectivity index (χ1n) is 10.7. The molecule has 1 saturated carbocycles. The first-order valence-corrected chi connectivity index (χ1v) is 10.7. The number of hydrogen-bond acceptors (Lipinski definition) is 6. The van der Waals surface area contributed by atoms with Crippen LogP contribution in [0.15, 0.2) is 53.5 Å². The zero-order valence-corrected chi connectivity index (χ0v) is 18.2. The van der Waals surface area contributed by atoms with Gasteiger partial charge < -0.3 is 24.5 Å². The third-order valence-electron chi connectivity index (χ3n) is 5.98. The van der Waals surface area contributed by atoms with E-state index in [1.54, 1.807) is 30.5 Å². The van der Waals surface area contributed by atoms with Gasteiger partial charge in [0.15, 0.2) is 11.5 Å². The number of aromatic nitrogens is 2. The van der Waals surface area contributed by atoms with Gasteiger partial charge in [-0.25, -0.2) is 4.98 Å². The number of carbonyl (C=O) groups excluding carboxylic acids is 1. The summed E-state index contributed by atoms with van der Waals surface area (Å²) in [6.45, 7) is 1.89. The van der Waals surface area contributed by atoms with E-state index in [2.05, 4.69) is 19.8 Å². The molecule has 1 aliphatic carbocycles. The van der Waals surface area contributed by atoms with Gasteiger partial charge in [-0.05, 0) is 61.2 Å². The monoisotopic (exact) mass is 469 g/mol. The predicted octanol–water partition coefficient (Wildman–Crippen LogP) is 3.20. The van der Waals surface area contributed by atoms with Crippen molar-refractivity contribution in [2.45, 2.75) is 38.0 Å². The molecule has 10 heteroatoms. The Labute approximate surface area is 192 Å². The number of rotatable bonds is 6. The summed E-state index contributed by atoms with van der Waals surface area (Å²) in [4.78, 5) is 30.0. The molecule has 0 unspecified atom stereocenters. The van der Waals surface area contributed by atoms with Crippen molar-refractivity contribution >= 4 is 11.7 Å². The Morgan fingerprint density at radius 3 is 2.62 bits per heavy atom. The van der Waals surface area contributed by atoms with Crippen LogP contribution in [0.5, 0.6) is 11.5 Å². The summed E-state index contributed by atoms with van der Waals surface area (Å²) < 4.78 is 37.1. The molecule has 0 spiro atoms. The standard InChI is InChI=1S/C24H21F2N3O5/c1-14-10-17(15-4-7-29(8-9-30)21(31)12-15)27-20(11-14)28-22(32)23(5-6-23)16-2-3-18-19(13-16)34-24(25,26)33-18/h2-4,7,10-13,30H,5-6,8-9H2,1H3,(H,27,28,32). The number of carbonyl (C=O) groups is 1. The summed E-state index contributed by atoms with van der Waals surface area (Å²) in [5, 5.41) is 11.9. The Balaban J connectivity index is 1.39. The highest BCUT2D eigenvalue weighted by Crippen LogP contribution is 2.52. The quantitative estimate of drug-likeness (QED) is 0.575. The molecule has 1 amide bonds. The normalized spacial score (nSPS) is 16.8. The summed E-state index contributed by atoms with van der Waals surface area (Å²) in [5.41, 5.74) is 1.34. The SMILES string of the molecule is Cc1cc(NC(=O)C2(c3ccc4c(c3)OC(F)(F)O4)CC2)nc(-c2ccn(CCO)c(=O)c2)c1. The van der Waals surface area contributed by atoms with Crippen molar-refractivity contribution in [1.82, 2.24) is 9.55 Å². The number of anilines is 1. The van der Waals surface area contributed by atoms with Crippen LogP contribution in [0.3, 0.4) is 0 Å². The summed E-state index contributed by atoms with van der Waals surface area (Å²) in [7, 11) is 0. The van der Waals surface area contributed by atoms with Gasteiger partial charge in [-0.1, -0.05) is 6.07 Å². The number of hydrogen-bond donors (Lipinski definition) is 2. The number of ether oxygens (including phenoxy) is 2. The molecule has 1 aromatic carbocycles. The third kappa shape index (κ3) is 4.01. The maximum Gasteiger partial charge on any atom is 0.586 e. The van der Waals surface area contributed by atoms with Crippen molar-refractivity contribution in [3.05, 3.63) is 70.1 Å². The number of nitrogens with zero attached hydrogens (tertiary/aromatic N) is 2. The number of amides is 1. The lowest BCUT2D eigenvalue weighted by Gasteiger charge is -2.17. The molecule has 0 radical (unpaired) electrons. The summed E-state index contributed by atoms with van der Waals surface area (Å²) in [5.74, 6) is -0.164. The Morgan fingerprint density at radius 2 is 1.91 bits per heavy atom.